The van der Waals surface area contributed by atoms with E-state index in [1.165, 1.54) is 30.3 Å². The predicted octanol–water partition coefficient (Wildman–Crippen LogP) is 5.37. The largest absolute Gasteiger partial charge is 0.508 e. The number of carbonyl (C=O) groups is 2. The number of ketones is 1. The lowest BCUT2D eigenvalue weighted by Crippen LogP contribution is -2.19. The second-order valence-corrected chi connectivity index (χ2v) is 8.68. The van der Waals surface area contributed by atoms with Gasteiger partial charge in [0.2, 0.25) is 0 Å². The summed E-state index contributed by atoms with van der Waals surface area (Å²) in [5.41, 5.74) is 2.38. The van der Waals surface area contributed by atoms with E-state index in [0.29, 0.717) is 33.2 Å². The number of hydrogen-bond acceptors (Lipinski definition) is 5. The SMILES string of the molecule is CC(C)C(C)C(=O)Cc1ccc(C(=O)O)c(-c2c3ccc(=O)cc-3oc3cc(O)ccc23)c1. The van der Waals surface area contributed by atoms with Crippen molar-refractivity contribution in [3.63, 3.8) is 0 Å². The molecule has 6 heteroatoms. The maximum Gasteiger partial charge on any atom is 0.336 e. The molecule has 2 aromatic rings. The Balaban J connectivity index is 2.00. The normalized spacial score (nSPS) is 12.4. The fourth-order valence-electron chi connectivity index (χ4n) is 3.98. The lowest BCUT2D eigenvalue weighted by atomic mass is 9.87. The molecular weight excluding hydrogens is 420 g/mol. The lowest BCUT2D eigenvalue weighted by Gasteiger charge is -2.18. The van der Waals surface area contributed by atoms with E-state index in [1.54, 1.807) is 24.3 Å². The van der Waals surface area contributed by atoms with Crippen LogP contribution in [0.5, 0.6) is 5.75 Å². The van der Waals surface area contributed by atoms with Crippen LogP contribution in [0.15, 0.2) is 63.8 Å². The Morgan fingerprint density at radius 1 is 0.939 bits per heavy atom. The fraction of sp³-hybridized carbons (Fsp3) is 0.222. The maximum absolute atomic E-state index is 12.7. The van der Waals surface area contributed by atoms with E-state index in [-0.39, 0.29) is 46.5 Å². The first kappa shape index (κ1) is 22.3. The average molecular weight is 444 g/mol. The number of carbonyl (C=O) groups excluding carboxylic acids is 1. The van der Waals surface area contributed by atoms with Crippen molar-refractivity contribution < 1.29 is 24.2 Å². The molecule has 1 unspecified atom stereocenters. The third-order valence-corrected chi connectivity index (χ3v) is 6.15. The van der Waals surface area contributed by atoms with Crippen molar-refractivity contribution >= 4 is 22.7 Å². The molecule has 0 amide bonds. The van der Waals surface area contributed by atoms with Gasteiger partial charge in [-0.2, -0.15) is 0 Å². The molecule has 6 nitrogen and oxygen atoms in total. The van der Waals surface area contributed by atoms with Crippen molar-refractivity contribution in [3.8, 4) is 28.2 Å². The number of phenolic OH excluding ortho intramolecular Hbond substituents is 1. The molecule has 33 heavy (non-hydrogen) atoms. The molecule has 0 radical (unpaired) electrons. The van der Waals surface area contributed by atoms with E-state index in [1.807, 2.05) is 20.8 Å². The summed E-state index contributed by atoms with van der Waals surface area (Å²) in [5.74, 6) is -0.689. The second-order valence-electron chi connectivity index (χ2n) is 8.68. The van der Waals surface area contributed by atoms with Crippen LogP contribution in [0.3, 0.4) is 0 Å². The molecule has 0 bridgehead atoms. The van der Waals surface area contributed by atoms with Crippen LogP contribution in [0.2, 0.25) is 0 Å². The van der Waals surface area contributed by atoms with Crippen LogP contribution >= 0.6 is 0 Å². The summed E-state index contributed by atoms with van der Waals surface area (Å²) < 4.78 is 5.86. The maximum atomic E-state index is 12.7. The summed E-state index contributed by atoms with van der Waals surface area (Å²) in [4.78, 5) is 36.8. The zero-order chi connectivity index (χ0) is 23.9. The van der Waals surface area contributed by atoms with Crippen LogP contribution < -0.4 is 5.43 Å². The number of rotatable bonds is 6. The second kappa shape index (κ2) is 8.54. The Hall–Kier alpha value is -3.93. The summed E-state index contributed by atoms with van der Waals surface area (Å²) in [7, 11) is 0. The Bertz CT molecular complexity index is 1410. The topological polar surface area (TPSA) is 105 Å². The van der Waals surface area contributed by atoms with E-state index in [0.717, 1.165) is 0 Å². The number of hydrogen-bond donors (Lipinski definition) is 2. The minimum atomic E-state index is -1.11. The van der Waals surface area contributed by atoms with Crippen molar-refractivity contribution in [3.05, 3.63) is 75.9 Å². The summed E-state index contributed by atoms with van der Waals surface area (Å²) in [6.45, 7) is 5.88. The van der Waals surface area contributed by atoms with E-state index in [4.69, 9.17) is 4.42 Å². The first-order valence-corrected chi connectivity index (χ1v) is 10.7. The third kappa shape index (κ3) is 4.24. The lowest BCUT2D eigenvalue weighted by molar-refractivity contribution is -0.122. The molecular formula is C27H24O6. The van der Waals surface area contributed by atoms with Crippen molar-refractivity contribution in [1.82, 2.24) is 0 Å². The molecule has 1 aliphatic heterocycles. The fourth-order valence-corrected chi connectivity index (χ4v) is 3.98. The zero-order valence-electron chi connectivity index (χ0n) is 18.6. The van der Waals surface area contributed by atoms with Crippen molar-refractivity contribution in [2.75, 3.05) is 0 Å². The van der Waals surface area contributed by atoms with E-state index < -0.39 is 5.97 Å². The molecule has 0 spiro atoms. The smallest absolute Gasteiger partial charge is 0.336 e. The highest BCUT2D eigenvalue weighted by Crippen LogP contribution is 2.42. The van der Waals surface area contributed by atoms with Crippen LogP contribution in [0, 0.1) is 11.8 Å². The number of carboxylic acids is 1. The van der Waals surface area contributed by atoms with Gasteiger partial charge in [0.25, 0.3) is 0 Å². The predicted molar refractivity (Wildman–Crippen MR) is 126 cm³/mol. The van der Waals surface area contributed by atoms with Crippen LogP contribution in [-0.2, 0) is 11.2 Å². The Morgan fingerprint density at radius 2 is 1.70 bits per heavy atom. The molecule has 4 rings (SSSR count). The van der Waals surface area contributed by atoms with Crippen molar-refractivity contribution in [2.45, 2.75) is 27.2 Å². The molecule has 0 saturated carbocycles. The van der Waals surface area contributed by atoms with Gasteiger partial charge in [-0.25, -0.2) is 4.79 Å². The van der Waals surface area contributed by atoms with Gasteiger partial charge in [-0.1, -0.05) is 26.8 Å². The number of fused-ring (bicyclic) bond motifs is 2. The van der Waals surface area contributed by atoms with Gasteiger partial charge >= 0.3 is 5.97 Å². The monoisotopic (exact) mass is 444 g/mol. The number of carboxylic acid groups (broad SMARTS) is 1. The quantitative estimate of drug-likeness (QED) is 0.387. The van der Waals surface area contributed by atoms with Gasteiger partial charge in [-0.3, -0.25) is 9.59 Å². The van der Waals surface area contributed by atoms with Gasteiger partial charge in [0.1, 0.15) is 22.9 Å². The van der Waals surface area contributed by atoms with Gasteiger partial charge in [0, 0.05) is 41.0 Å². The Kier molecular flexibility index (Phi) is 5.77. The molecule has 1 aliphatic carbocycles. The number of aromatic carboxylic acids is 1. The van der Waals surface area contributed by atoms with Crippen LogP contribution in [0.25, 0.3) is 33.4 Å². The Labute approximate surface area is 190 Å². The standard InChI is InChI=1S/C27H24O6/c1-14(2)15(3)23(30)11-16-4-7-19(27(31)32)22(10-16)26-20-8-5-17(28)12-24(20)33-25-13-18(29)6-9-21(25)26/h4-10,12-15,28H,11H2,1-3H3,(H,31,32). The highest BCUT2D eigenvalue weighted by Gasteiger charge is 2.23. The zero-order valence-corrected chi connectivity index (χ0v) is 18.6. The summed E-state index contributed by atoms with van der Waals surface area (Å²) in [6.07, 6.45) is 0.185. The molecule has 2 aliphatic rings. The first-order valence-electron chi connectivity index (χ1n) is 10.7. The van der Waals surface area contributed by atoms with Gasteiger partial charge in [-0.15, -0.1) is 0 Å². The number of aromatic hydroxyl groups is 1. The minimum Gasteiger partial charge on any atom is -0.508 e. The number of phenols is 1. The summed E-state index contributed by atoms with van der Waals surface area (Å²) >= 11 is 0. The van der Waals surface area contributed by atoms with Gasteiger partial charge in [0.05, 0.1) is 5.56 Å². The number of benzene rings is 3. The number of Topliss-reactive ketones (excluding diaryl/α,β-unsaturated/α-hetero) is 1. The van der Waals surface area contributed by atoms with Crippen LogP contribution in [-0.4, -0.2) is 22.0 Å². The highest BCUT2D eigenvalue weighted by molar-refractivity contribution is 6.07. The van der Waals surface area contributed by atoms with Crippen LogP contribution in [0.4, 0.5) is 0 Å². The van der Waals surface area contributed by atoms with E-state index in [9.17, 15) is 24.6 Å². The van der Waals surface area contributed by atoms with E-state index in [2.05, 4.69) is 0 Å². The summed E-state index contributed by atoms with van der Waals surface area (Å²) in [6, 6.07) is 13.8. The van der Waals surface area contributed by atoms with Gasteiger partial charge < -0.3 is 14.6 Å². The van der Waals surface area contributed by atoms with Crippen LogP contribution in [0.1, 0.15) is 36.7 Å². The summed E-state index contributed by atoms with van der Waals surface area (Å²) in [5, 5.41) is 20.4. The highest BCUT2D eigenvalue weighted by atomic mass is 16.4. The first-order chi connectivity index (χ1) is 15.7. The average Bonchev–Trinajstić information content (AvgIpc) is 2.76. The molecule has 0 saturated heterocycles. The third-order valence-electron chi connectivity index (χ3n) is 6.15. The minimum absolute atomic E-state index is 0.0182. The molecule has 0 aromatic heterocycles. The molecule has 1 atom stereocenters. The molecule has 168 valence electrons. The van der Waals surface area contributed by atoms with Crippen molar-refractivity contribution in [2.24, 2.45) is 11.8 Å². The van der Waals surface area contributed by atoms with Gasteiger partial charge in [-0.05, 0) is 53.4 Å². The molecule has 1 heterocycles. The molecule has 0 fully saturated rings. The molecule has 2 N–H and O–H groups in total. The van der Waals surface area contributed by atoms with Crippen molar-refractivity contribution in [1.29, 1.82) is 0 Å². The Morgan fingerprint density at radius 3 is 2.39 bits per heavy atom. The van der Waals surface area contributed by atoms with E-state index >= 15 is 0 Å². The molecule has 2 aromatic carbocycles. The van der Waals surface area contributed by atoms with Gasteiger partial charge in [0.15, 0.2) is 5.43 Å².